The lowest BCUT2D eigenvalue weighted by molar-refractivity contribution is 0.0697. The second-order valence-electron chi connectivity index (χ2n) is 5.84. The van der Waals surface area contributed by atoms with Crippen molar-refractivity contribution < 1.29 is 14.7 Å². The number of primary amides is 1. The minimum Gasteiger partial charge on any atom is -0.478 e. The summed E-state index contributed by atoms with van der Waals surface area (Å²) in [6, 6.07) is 13.8. The minimum atomic E-state index is -0.950. The van der Waals surface area contributed by atoms with Gasteiger partial charge in [-0.25, -0.2) is 9.59 Å². The quantitative estimate of drug-likeness (QED) is 0.576. The first-order chi connectivity index (χ1) is 13.0. The van der Waals surface area contributed by atoms with E-state index in [1.807, 2.05) is 24.3 Å². The Morgan fingerprint density at radius 2 is 1.85 bits per heavy atom. The molecule has 0 atom stereocenters. The van der Waals surface area contributed by atoms with Crippen LogP contribution in [0.25, 0.3) is 11.4 Å². The van der Waals surface area contributed by atoms with Crippen molar-refractivity contribution in [2.75, 3.05) is 6.54 Å². The van der Waals surface area contributed by atoms with E-state index in [0.29, 0.717) is 25.3 Å². The highest BCUT2D eigenvalue weighted by Gasteiger charge is 2.12. The van der Waals surface area contributed by atoms with Crippen molar-refractivity contribution in [3.05, 3.63) is 65.2 Å². The molecule has 0 unspecified atom stereocenters. The summed E-state index contributed by atoms with van der Waals surface area (Å²) in [4.78, 5) is 23.1. The normalized spacial score (nSPS) is 10.5. The van der Waals surface area contributed by atoms with Crippen molar-refractivity contribution >= 4 is 12.0 Å². The lowest BCUT2D eigenvalue weighted by Gasteiger charge is -2.07. The Morgan fingerprint density at radius 3 is 2.56 bits per heavy atom. The first-order valence-corrected chi connectivity index (χ1v) is 8.24. The monoisotopic (exact) mass is 366 g/mol. The van der Waals surface area contributed by atoms with Crippen molar-refractivity contribution in [2.45, 2.75) is 13.0 Å². The molecule has 4 N–H and O–H groups in total. The van der Waals surface area contributed by atoms with Gasteiger partial charge in [-0.05, 0) is 34.9 Å². The maximum atomic E-state index is 11.0. The standard InChI is InChI=1S/C18H18N6O3/c19-18(27)20-9-10-24-22-16(21-23-24)15-4-2-1-3-14(15)11-12-5-7-13(8-6-12)17(25)26/h1-8H,9-11H2,(H,25,26)(H3,19,20,27). The number of carbonyl (C=O) groups excluding carboxylic acids is 1. The van der Waals surface area contributed by atoms with Crippen LogP contribution in [0.2, 0.25) is 0 Å². The second kappa shape index (κ2) is 8.09. The number of hydrogen-bond acceptors (Lipinski definition) is 5. The highest BCUT2D eigenvalue weighted by molar-refractivity contribution is 5.87. The largest absolute Gasteiger partial charge is 0.478 e. The van der Waals surface area contributed by atoms with Gasteiger partial charge in [0.25, 0.3) is 0 Å². The third-order valence-electron chi connectivity index (χ3n) is 3.92. The van der Waals surface area contributed by atoms with E-state index in [1.165, 1.54) is 4.80 Å². The fourth-order valence-corrected chi connectivity index (χ4v) is 2.60. The van der Waals surface area contributed by atoms with E-state index in [4.69, 9.17) is 10.8 Å². The smallest absolute Gasteiger partial charge is 0.335 e. The molecule has 0 aliphatic rings. The number of carboxylic acids is 1. The molecule has 0 radical (unpaired) electrons. The van der Waals surface area contributed by atoms with Gasteiger partial charge in [-0.1, -0.05) is 36.4 Å². The molecule has 0 bridgehead atoms. The summed E-state index contributed by atoms with van der Waals surface area (Å²) in [6.07, 6.45) is 0.605. The Balaban J connectivity index is 1.77. The Morgan fingerprint density at radius 1 is 1.11 bits per heavy atom. The van der Waals surface area contributed by atoms with Crippen LogP contribution < -0.4 is 11.1 Å². The van der Waals surface area contributed by atoms with E-state index in [9.17, 15) is 9.59 Å². The number of hydrogen-bond donors (Lipinski definition) is 3. The Labute approximate surface area is 154 Å². The van der Waals surface area contributed by atoms with Crippen LogP contribution in [0, 0.1) is 0 Å². The molecule has 2 amide bonds. The van der Waals surface area contributed by atoms with Crippen LogP contribution in [-0.2, 0) is 13.0 Å². The minimum absolute atomic E-state index is 0.251. The molecule has 1 aromatic heterocycles. The van der Waals surface area contributed by atoms with E-state index < -0.39 is 12.0 Å². The van der Waals surface area contributed by atoms with Gasteiger partial charge in [0, 0.05) is 12.1 Å². The zero-order valence-electron chi connectivity index (χ0n) is 14.4. The molecule has 0 saturated carbocycles. The molecule has 2 aromatic carbocycles. The van der Waals surface area contributed by atoms with Gasteiger partial charge in [0.1, 0.15) is 0 Å². The Kier molecular flexibility index (Phi) is 5.41. The summed E-state index contributed by atoms with van der Waals surface area (Å²) in [5.41, 5.74) is 8.09. The number of aromatic carboxylic acids is 1. The molecule has 0 aliphatic carbocycles. The number of amides is 2. The average Bonchev–Trinajstić information content (AvgIpc) is 3.11. The number of tetrazole rings is 1. The summed E-state index contributed by atoms with van der Waals surface area (Å²) in [5.74, 6) is -0.472. The molecule has 3 aromatic rings. The molecule has 0 aliphatic heterocycles. The van der Waals surface area contributed by atoms with E-state index >= 15 is 0 Å². The van der Waals surface area contributed by atoms with Crippen molar-refractivity contribution in [3.8, 4) is 11.4 Å². The summed E-state index contributed by atoms with van der Waals surface area (Å²) >= 11 is 0. The third kappa shape index (κ3) is 4.66. The fraction of sp³-hybridized carbons (Fsp3) is 0.167. The van der Waals surface area contributed by atoms with Crippen LogP contribution in [0.15, 0.2) is 48.5 Å². The van der Waals surface area contributed by atoms with Crippen LogP contribution in [0.3, 0.4) is 0 Å². The van der Waals surface area contributed by atoms with E-state index in [1.54, 1.807) is 24.3 Å². The molecule has 9 heteroatoms. The lowest BCUT2D eigenvalue weighted by atomic mass is 9.99. The third-order valence-corrected chi connectivity index (χ3v) is 3.92. The number of nitrogens with two attached hydrogens (primary N) is 1. The van der Waals surface area contributed by atoms with Gasteiger partial charge in [-0.15, -0.1) is 10.2 Å². The fourth-order valence-electron chi connectivity index (χ4n) is 2.60. The zero-order valence-corrected chi connectivity index (χ0v) is 14.4. The molecule has 0 fully saturated rings. The number of rotatable bonds is 7. The van der Waals surface area contributed by atoms with Crippen molar-refractivity contribution in [3.63, 3.8) is 0 Å². The van der Waals surface area contributed by atoms with Crippen LogP contribution in [0.4, 0.5) is 4.79 Å². The molecular formula is C18H18N6O3. The van der Waals surface area contributed by atoms with Gasteiger partial charge in [-0.2, -0.15) is 4.80 Å². The molecule has 138 valence electrons. The lowest BCUT2D eigenvalue weighted by Crippen LogP contribution is -2.32. The predicted octanol–water partition coefficient (Wildman–Crippen LogP) is 1.30. The second-order valence-corrected chi connectivity index (χ2v) is 5.84. The van der Waals surface area contributed by atoms with Gasteiger partial charge in [0.2, 0.25) is 5.82 Å². The van der Waals surface area contributed by atoms with E-state index in [2.05, 4.69) is 20.7 Å². The van der Waals surface area contributed by atoms with Crippen molar-refractivity contribution in [1.29, 1.82) is 0 Å². The van der Waals surface area contributed by atoms with Gasteiger partial charge < -0.3 is 16.2 Å². The molecule has 1 heterocycles. The van der Waals surface area contributed by atoms with Crippen LogP contribution in [0.1, 0.15) is 21.5 Å². The van der Waals surface area contributed by atoms with Gasteiger partial charge in [0.15, 0.2) is 0 Å². The van der Waals surface area contributed by atoms with Crippen LogP contribution >= 0.6 is 0 Å². The van der Waals surface area contributed by atoms with Crippen LogP contribution in [0.5, 0.6) is 0 Å². The van der Waals surface area contributed by atoms with Gasteiger partial charge >= 0.3 is 12.0 Å². The van der Waals surface area contributed by atoms with Crippen LogP contribution in [-0.4, -0.2) is 43.9 Å². The number of aromatic nitrogens is 4. The van der Waals surface area contributed by atoms with E-state index in [-0.39, 0.29) is 5.56 Å². The van der Waals surface area contributed by atoms with Gasteiger partial charge in [0.05, 0.1) is 12.1 Å². The number of urea groups is 1. The number of carbonyl (C=O) groups is 2. The number of carboxylic acid groups (broad SMARTS) is 1. The highest BCUT2D eigenvalue weighted by Crippen LogP contribution is 2.22. The summed E-state index contributed by atoms with van der Waals surface area (Å²) < 4.78 is 0. The molecule has 0 spiro atoms. The van der Waals surface area contributed by atoms with E-state index in [0.717, 1.165) is 16.7 Å². The average molecular weight is 366 g/mol. The SMILES string of the molecule is NC(=O)NCCn1nnc(-c2ccccc2Cc2ccc(C(=O)O)cc2)n1. The number of benzene rings is 2. The maximum absolute atomic E-state index is 11.0. The first kappa shape index (κ1) is 18.1. The predicted molar refractivity (Wildman–Crippen MR) is 97.0 cm³/mol. The van der Waals surface area contributed by atoms with Crippen molar-refractivity contribution in [2.24, 2.45) is 5.73 Å². The summed E-state index contributed by atoms with van der Waals surface area (Å²) in [7, 11) is 0. The number of nitrogens with one attached hydrogen (secondary N) is 1. The number of nitrogens with zero attached hydrogens (tertiary/aromatic N) is 4. The highest BCUT2D eigenvalue weighted by atomic mass is 16.4. The molecule has 27 heavy (non-hydrogen) atoms. The van der Waals surface area contributed by atoms with Gasteiger partial charge in [-0.3, -0.25) is 0 Å². The Bertz CT molecular complexity index is 952. The first-order valence-electron chi connectivity index (χ1n) is 8.24. The molecule has 9 nitrogen and oxygen atoms in total. The molecule has 3 rings (SSSR count). The summed E-state index contributed by atoms with van der Waals surface area (Å²) in [6.45, 7) is 0.664. The topological polar surface area (TPSA) is 136 Å². The van der Waals surface area contributed by atoms with Crippen molar-refractivity contribution in [1.82, 2.24) is 25.5 Å². The molecule has 0 saturated heterocycles. The Hall–Kier alpha value is -3.75. The zero-order chi connectivity index (χ0) is 19.2. The maximum Gasteiger partial charge on any atom is 0.335 e. The molecular weight excluding hydrogens is 348 g/mol. The summed E-state index contributed by atoms with van der Waals surface area (Å²) in [5, 5.41) is 23.9.